The van der Waals surface area contributed by atoms with Crippen molar-refractivity contribution in [2.75, 3.05) is 32.6 Å². The molecule has 1 aliphatic rings. The highest BCUT2D eigenvalue weighted by atomic mass is 19.1. The molecule has 9 heteroatoms. The van der Waals surface area contributed by atoms with Gasteiger partial charge in [-0.25, -0.2) is 9.18 Å². The standard InChI is InChI=1S/C22H23FN4O4/c1-29-18-11-17(12-19(13-18)30-2)24-22(28)27-9-7-15(8-10-27)21-26-25-20(31-21)14-3-5-16(23)6-4-14/h3-6,11-13,15H,7-10H2,1-2H3,(H,24,28). The molecule has 1 N–H and O–H groups in total. The first-order valence-electron chi connectivity index (χ1n) is 9.94. The summed E-state index contributed by atoms with van der Waals surface area (Å²) in [4.78, 5) is 14.4. The number of hydrogen-bond donors (Lipinski definition) is 1. The third-order valence-electron chi connectivity index (χ3n) is 5.27. The maximum Gasteiger partial charge on any atom is 0.321 e. The average molecular weight is 426 g/mol. The van der Waals surface area contributed by atoms with Gasteiger partial charge in [0.2, 0.25) is 11.8 Å². The normalized spacial score (nSPS) is 14.4. The monoisotopic (exact) mass is 426 g/mol. The molecule has 0 saturated carbocycles. The van der Waals surface area contributed by atoms with Gasteiger partial charge in [0.05, 0.1) is 14.2 Å². The molecule has 0 unspecified atom stereocenters. The van der Waals surface area contributed by atoms with E-state index in [0.717, 1.165) is 0 Å². The number of likely N-dealkylation sites (tertiary alicyclic amines) is 1. The molecule has 31 heavy (non-hydrogen) atoms. The molecule has 0 spiro atoms. The Balaban J connectivity index is 1.35. The number of hydrogen-bond acceptors (Lipinski definition) is 6. The summed E-state index contributed by atoms with van der Waals surface area (Å²) >= 11 is 0. The minimum atomic E-state index is -0.318. The van der Waals surface area contributed by atoms with Crippen molar-refractivity contribution in [2.45, 2.75) is 18.8 Å². The van der Waals surface area contributed by atoms with Crippen LogP contribution in [0.3, 0.4) is 0 Å². The number of benzene rings is 2. The predicted molar refractivity (Wildman–Crippen MR) is 112 cm³/mol. The van der Waals surface area contributed by atoms with Gasteiger partial charge < -0.3 is 24.1 Å². The van der Waals surface area contributed by atoms with Crippen molar-refractivity contribution in [1.82, 2.24) is 15.1 Å². The summed E-state index contributed by atoms with van der Waals surface area (Å²) in [7, 11) is 3.12. The van der Waals surface area contributed by atoms with Crippen LogP contribution in [0.5, 0.6) is 11.5 Å². The number of methoxy groups -OCH3 is 2. The number of halogens is 1. The van der Waals surface area contributed by atoms with Crippen LogP contribution in [0.2, 0.25) is 0 Å². The molecule has 0 bridgehead atoms. The fourth-order valence-corrected chi connectivity index (χ4v) is 3.52. The number of aromatic nitrogens is 2. The number of urea groups is 1. The maximum atomic E-state index is 13.1. The maximum absolute atomic E-state index is 13.1. The number of carbonyl (C=O) groups is 1. The zero-order valence-corrected chi connectivity index (χ0v) is 17.3. The lowest BCUT2D eigenvalue weighted by Crippen LogP contribution is -2.40. The van der Waals surface area contributed by atoms with Gasteiger partial charge in [-0.3, -0.25) is 0 Å². The van der Waals surface area contributed by atoms with E-state index in [4.69, 9.17) is 13.9 Å². The van der Waals surface area contributed by atoms with Crippen LogP contribution in [0.4, 0.5) is 14.9 Å². The second-order valence-corrected chi connectivity index (χ2v) is 7.25. The summed E-state index contributed by atoms with van der Waals surface area (Å²) < 4.78 is 29.4. The third-order valence-corrected chi connectivity index (χ3v) is 5.27. The van der Waals surface area contributed by atoms with E-state index in [-0.39, 0.29) is 17.8 Å². The Hall–Kier alpha value is -3.62. The summed E-state index contributed by atoms with van der Waals surface area (Å²) in [5.74, 6) is 1.85. The van der Waals surface area contributed by atoms with E-state index in [1.165, 1.54) is 12.1 Å². The minimum Gasteiger partial charge on any atom is -0.497 e. The number of ether oxygens (including phenoxy) is 2. The Bertz CT molecular complexity index is 1020. The average Bonchev–Trinajstić information content (AvgIpc) is 3.29. The molecule has 8 nitrogen and oxygen atoms in total. The van der Waals surface area contributed by atoms with E-state index >= 15 is 0 Å². The second kappa shape index (κ2) is 9.03. The number of anilines is 1. The number of piperidine rings is 1. The Morgan fingerprint density at radius 2 is 1.71 bits per heavy atom. The number of nitrogens with one attached hydrogen (secondary N) is 1. The van der Waals surface area contributed by atoms with Crippen LogP contribution in [-0.4, -0.2) is 48.4 Å². The number of nitrogens with zero attached hydrogens (tertiary/aromatic N) is 3. The molecular weight excluding hydrogens is 403 g/mol. The Labute approximate surface area is 179 Å². The van der Waals surface area contributed by atoms with Crippen LogP contribution < -0.4 is 14.8 Å². The molecule has 4 rings (SSSR count). The summed E-state index contributed by atoms with van der Waals surface area (Å²) in [6.45, 7) is 1.12. The number of amides is 2. The molecule has 162 valence electrons. The first-order valence-corrected chi connectivity index (χ1v) is 9.94. The summed E-state index contributed by atoms with van der Waals surface area (Å²) in [6.07, 6.45) is 1.42. The molecule has 2 amide bonds. The van der Waals surface area contributed by atoms with Crippen molar-refractivity contribution in [3.05, 3.63) is 54.2 Å². The van der Waals surface area contributed by atoms with E-state index < -0.39 is 0 Å². The molecular formula is C22H23FN4O4. The Morgan fingerprint density at radius 1 is 1.06 bits per heavy atom. The van der Waals surface area contributed by atoms with Gasteiger partial charge in [-0.15, -0.1) is 10.2 Å². The lowest BCUT2D eigenvalue weighted by molar-refractivity contribution is 0.190. The van der Waals surface area contributed by atoms with Gasteiger partial charge in [-0.05, 0) is 37.1 Å². The quantitative estimate of drug-likeness (QED) is 0.654. The minimum absolute atomic E-state index is 0.0719. The molecule has 0 aliphatic carbocycles. The van der Waals surface area contributed by atoms with Crippen LogP contribution >= 0.6 is 0 Å². The van der Waals surface area contributed by atoms with E-state index in [9.17, 15) is 9.18 Å². The van der Waals surface area contributed by atoms with Gasteiger partial charge in [0.1, 0.15) is 17.3 Å². The van der Waals surface area contributed by atoms with E-state index in [2.05, 4.69) is 15.5 Å². The highest BCUT2D eigenvalue weighted by Gasteiger charge is 2.27. The topological polar surface area (TPSA) is 89.7 Å². The summed E-state index contributed by atoms with van der Waals surface area (Å²) in [6, 6.07) is 10.9. The molecule has 0 atom stereocenters. The third kappa shape index (κ3) is 4.76. The van der Waals surface area contributed by atoms with Gasteiger partial charge in [-0.1, -0.05) is 0 Å². The molecule has 1 fully saturated rings. The Morgan fingerprint density at radius 3 is 2.32 bits per heavy atom. The van der Waals surface area contributed by atoms with Gasteiger partial charge >= 0.3 is 6.03 Å². The molecule has 1 aliphatic heterocycles. The first kappa shape index (κ1) is 20.6. The van der Waals surface area contributed by atoms with Crippen molar-refractivity contribution < 1.29 is 23.1 Å². The zero-order valence-electron chi connectivity index (χ0n) is 17.3. The summed E-state index contributed by atoms with van der Waals surface area (Å²) in [5.41, 5.74) is 1.27. The van der Waals surface area contributed by atoms with Crippen LogP contribution in [0.1, 0.15) is 24.7 Å². The van der Waals surface area contributed by atoms with Crippen LogP contribution in [0, 0.1) is 5.82 Å². The van der Waals surface area contributed by atoms with Crippen molar-refractivity contribution in [3.8, 4) is 23.0 Å². The van der Waals surface area contributed by atoms with Crippen LogP contribution in [0.25, 0.3) is 11.5 Å². The van der Waals surface area contributed by atoms with Crippen molar-refractivity contribution in [2.24, 2.45) is 0 Å². The molecule has 3 aromatic rings. The molecule has 1 saturated heterocycles. The fourth-order valence-electron chi connectivity index (χ4n) is 3.52. The smallest absolute Gasteiger partial charge is 0.321 e. The zero-order chi connectivity index (χ0) is 21.8. The predicted octanol–water partition coefficient (Wildman–Crippen LogP) is 4.30. The second-order valence-electron chi connectivity index (χ2n) is 7.25. The SMILES string of the molecule is COc1cc(NC(=O)N2CCC(c3nnc(-c4ccc(F)cc4)o3)CC2)cc(OC)c1. The van der Waals surface area contributed by atoms with Gasteiger partial charge in [0, 0.05) is 48.5 Å². The van der Waals surface area contributed by atoms with Crippen molar-refractivity contribution in [1.29, 1.82) is 0 Å². The van der Waals surface area contributed by atoms with E-state index in [1.807, 2.05) is 0 Å². The highest BCUT2D eigenvalue weighted by Crippen LogP contribution is 2.30. The van der Waals surface area contributed by atoms with E-state index in [0.29, 0.717) is 60.5 Å². The van der Waals surface area contributed by atoms with Gasteiger partial charge in [0.15, 0.2) is 0 Å². The number of carbonyl (C=O) groups excluding carboxylic acids is 1. The van der Waals surface area contributed by atoms with Crippen molar-refractivity contribution in [3.63, 3.8) is 0 Å². The van der Waals surface area contributed by atoms with Crippen LogP contribution in [0.15, 0.2) is 46.9 Å². The molecule has 2 heterocycles. The highest BCUT2D eigenvalue weighted by molar-refractivity contribution is 5.90. The lowest BCUT2D eigenvalue weighted by Gasteiger charge is -2.30. The van der Waals surface area contributed by atoms with Gasteiger partial charge in [-0.2, -0.15) is 0 Å². The van der Waals surface area contributed by atoms with Crippen molar-refractivity contribution >= 4 is 11.7 Å². The summed E-state index contributed by atoms with van der Waals surface area (Å²) in [5, 5.41) is 11.1. The lowest BCUT2D eigenvalue weighted by atomic mass is 9.97. The molecule has 0 radical (unpaired) electrons. The number of rotatable bonds is 5. The Kier molecular flexibility index (Phi) is 6.01. The first-order chi connectivity index (χ1) is 15.1. The molecule has 1 aromatic heterocycles. The fraction of sp³-hybridized carbons (Fsp3) is 0.318. The molecule has 2 aromatic carbocycles. The van der Waals surface area contributed by atoms with Gasteiger partial charge in [0.25, 0.3) is 0 Å². The van der Waals surface area contributed by atoms with E-state index in [1.54, 1.807) is 49.5 Å². The van der Waals surface area contributed by atoms with Crippen LogP contribution in [-0.2, 0) is 0 Å². The largest absolute Gasteiger partial charge is 0.497 e.